The maximum absolute atomic E-state index is 11.1. The van der Waals surface area contributed by atoms with Gasteiger partial charge in [0.05, 0.1) is 17.3 Å². The fraction of sp³-hybridized carbons (Fsp3) is 0.603. The summed E-state index contributed by atoms with van der Waals surface area (Å²) in [5, 5.41) is 37.3. The molecule has 3 unspecified atom stereocenters. The number of hydroxylamine groups is 1. The first-order chi connectivity index (χ1) is 53.1. The second-order valence-electron chi connectivity index (χ2n) is 30.5. The van der Waals surface area contributed by atoms with E-state index in [0.29, 0.717) is 58.5 Å². The standard InChI is InChI=1S/C7H10N2O2.C7H10N2O.C7H11NO3.C7H11NO2S.C7H11NO2.C5H9N3O.2C5H8N2O2.2C5H8N2OS.C4H8N4.C4H8N2O2S/c1-4(2)5-3-6(10)9-7(11)8-5;1-5(2)6-3-7(10)9-4-8-6;2*1-7(2,3)4-5(9)8-6(10)11-4;1-7(2,3)5-4-6(9)8-10-5;1-3(2)4-6-5(9)8-7-4;1-3(2)4-6-7-5(8)9-4;2*1-3(2)4-6-5(8)9-7-4;1-3(2)4-6-5(9)8-7-4;1-3(2)4-5-7-8-6-4;1-3(2)4-5-8-9(7)6-4/h3-4H,1-2H3,(H2,8,9,10,11);3-5H,1-2H3,(H,8,9,10);2*4H,1-3H3,(H,8,9,10);4H,1-3H3,(H,8,9);3H,1-2H3,(H2,6,7,8,9);3H,1-2H3,(H,7,8);2*3H,1-2H3,(H,6,7,8);3H,1-2H3,(H,6,7,9);3H,1-2H3,(H,5,6,7,8);3H,1-2H3,(H,5,6). The maximum atomic E-state index is 11.1. The Morgan fingerprint density at radius 3 is 1.42 bits per heavy atom. The summed E-state index contributed by atoms with van der Waals surface area (Å²) >= 11 is 5.20. The van der Waals surface area contributed by atoms with E-state index in [1.807, 2.05) is 187 Å². The zero-order valence-electron chi connectivity index (χ0n) is 69.5. The maximum Gasteiger partial charge on any atom is 0.438 e. The molecule has 2 fully saturated rings. The Balaban J connectivity index is 0.000000628. The van der Waals surface area contributed by atoms with Gasteiger partial charge in [0.2, 0.25) is 11.8 Å². The van der Waals surface area contributed by atoms with E-state index in [1.54, 1.807) is 0 Å². The third-order valence-electron chi connectivity index (χ3n) is 13.7. The molecule has 0 aromatic carbocycles. The smallest absolute Gasteiger partial charge is 0.435 e. The molecule has 9 aromatic rings. The molecule has 3 aliphatic heterocycles. The number of nitrogens with one attached hydrogen (secondary N) is 14. The number of carbonyl (C=O) groups excluding carboxylic acids is 4. The minimum Gasteiger partial charge on any atom is -0.435 e. The molecule has 0 spiro atoms. The van der Waals surface area contributed by atoms with Crippen LogP contribution in [0.4, 0.5) is 9.59 Å². The highest BCUT2D eigenvalue weighted by Crippen LogP contribution is 2.34. The molecule has 0 bridgehead atoms. The van der Waals surface area contributed by atoms with Crippen molar-refractivity contribution in [3.05, 3.63) is 164 Å². The van der Waals surface area contributed by atoms with E-state index in [-0.39, 0.29) is 100 Å². The van der Waals surface area contributed by atoms with Gasteiger partial charge in [-0.05, 0) is 29.5 Å². The second kappa shape index (κ2) is 49.1. The van der Waals surface area contributed by atoms with E-state index in [2.05, 4.69) is 147 Å². The van der Waals surface area contributed by atoms with Gasteiger partial charge >= 0.3 is 50.0 Å². The number of cyclic esters (lactones) is 1. The van der Waals surface area contributed by atoms with Crippen molar-refractivity contribution in [1.82, 2.24) is 117 Å². The van der Waals surface area contributed by atoms with Crippen molar-refractivity contribution in [2.24, 2.45) is 21.1 Å². The molecule has 0 radical (unpaired) electrons. The zero-order chi connectivity index (χ0) is 88.2. The van der Waals surface area contributed by atoms with Crippen molar-refractivity contribution < 1.29 is 50.4 Å². The lowest BCUT2D eigenvalue weighted by atomic mass is 9.89. The van der Waals surface area contributed by atoms with Crippen LogP contribution in [0.3, 0.4) is 0 Å². The van der Waals surface area contributed by atoms with Crippen LogP contribution >= 0.6 is 35.5 Å². The van der Waals surface area contributed by atoms with Crippen LogP contribution in [0.5, 0.6) is 0 Å². The van der Waals surface area contributed by atoms with Gasteiger partial charge in [0.15, 0.2) is 17.8 Å². The van der Waals surface area contributed by atoms with Gasteiger partial charge in [-0.3, -0.25) is 68.7 Å². The van der Waals surface area contributed by atoms with Crippen LogP contribution in [-0.2, 0) is 35.3 Å². The number of H-pyrrole nitrogens is 11. The molecule has 3 aliphatic rings. The molecule has 0 saturated carbocycles. The van der Waals surface area contributed by atoms with E-state index in [0.717, 1.165) is 46.5 Å². The number of carbonyl (C=O) groups is 4. The van der Waals surface area contributed by atoms with Crippen LogP contribution in [-0.4, -0.2) is 145 Å². The van der Waals surface area contributed by atoms with Gasteiger partial charge < -0.3 is 28.2 Å². The van der Waals surface area contributed by atoms with Gasteiger partial charge in [-0.15, -0.1) is 19.7 Å². The van der Waals surface area contributed by atoms with Crippen molar-refractivity contribution in [1.29, 1.82) is 0 Å². The fourth-order valence-electron chi connectivity index (χ4n) is 7.35. The van der Waals surface area contributed by atoms with Gasteiger partial charge in [0.25, 0.3) is 27.8 Å². The molecule has 3 atom stereocenters. The summed E-state index contributed by atoms with van der Waals surface area (Å²) in [6.07, 6.45) is 0.141. The number of hydrogen-bond donors (Lipinski definition) is 14. The summed E-state index contributed by atoms with van der Waals surface area (Å²) in [6.45, 7) is 52.7. The number of amidine groups is 1. The molecule has 12 rings (SSSR count). The number of hydrogen-bond acceptors (Lipinski definition) is 32. The molecule has 47 heteroatoms. The van der Waals surface area contributed by atoms with Crippen LogP contribution < -0.4 is 60.6 Å². The summed E-state index contributed by atoms with van der Waals surface area (Å²) in [7, 11) is 0. The normalized spacial score (nSPS) is 14.6. The van der Waals surface area contributed by atoms with Gasteiger partial charge in [-0.1, -0.05) is 209 Å². The van der Waals surface area contributed by atoms with E-state index in [1.165, 1.54) is 24.5 Å². The third kappa shape index (κ3) is 41.7. The lowest BCUT2D eigenvalue weighted by Crippen LogP contribution is -2.34. The molecule has 4 amide bonds. The summed E-state index contributed by atoms with van der Waals surface area (Å²) in [5.41, 5.74) is 2.12. The van der Waals surface area contributed by atoms with Crippen molar-refractivity contribution in [3.63, 3.8) is 0 Å². The Bertz CT molecular complexity index is 4610. The molecule has 640 valence electrons. The summed E-state index contributed by atoms with van der Waals surface area (Å²) in [4.78, 5) is 150. The number of imide groups is 2. The SMILES string of the molecule is CC(C)(C)C1OC(=O)NC1=O.CC(C)(C)C1SC(=O)NC1=O.CC(C)(C)c1cc(=O)[nH]o1.CC(C)C1=NS(=O)ON1.CC(C)c1cc(=O)[nH]c(=O)[nH]1.CC(C)c1cc(=O)[nH]cn1.CC(C)c1n[nH]c(=O)[nH]1.CC(C)c1n[nH]c(=O)o1.CC(C)c1nc(=S)o[nH]1.CC(C)c1nn[nH]n1.CC(C)c1noc(=O)[nH]1.CC(C)c1nsc(=O)[nH]1. The molecule has 2 saturated heterocycles. The minimum atomic E-state index is -1.50. The fourth-order valence-corrected chi connectivity index (χ4v) is 9.57. The minimum absolute atomic E-state index is 0.0706. The highest BCUT2D eigenvalue weighted by Gasteiger charge is 2.41. The van der Waals surface area contributed by atoms with Crippen molar-refractivity contribution in [2.75, 3.05) is 0 Å². The Kier molecular flexibility index (Phi) is 43.6. The molecule has 14 N–H and O–H groups in total. The van der Waals surface area contributed by atoms with Crippen LogP contribution in [0.25, 0.3) is 0 Å². The van der Waals surface area contributed by atoms with Crippen LogP contribution in [0.15, 0.2) is 85.3 Å². The number of aromatic amines is 11. The first kappa shape index (κ1) is 102. The first-order valence-electron chi connectivity index (χ1n) is 35.8. The third-order valence-corrected chi connectivity index (χ3v) is 16.5. The molecular weight excluding hydrogens is 1590 g/mol. The number of alkyl carbamates (subject to hydrolysis) is 1. The molecule has 12 heterocycles. The Hall–Kier alpha value is -10.8. The van der Waals surface area contributed by atoms with Crippen molar-refractivity contribution in [3.8, 4) is 0 Å². The largest absolute Gasteiger partial charge is 0.438 e. The lowest BCUT2D eigenvalue weighted by Gasteiger charge is -2.21. The Morgan fingerprint density at radius 2 is 1.17 bits per heavy atom. The number of amides is 4. The quantitative estimate of drug-likeness (QED) is 0.0599. The first-order valence-corrected chi connectivity index (χ1v) is 38.8. The topological polar surface area (TPSA) is 631 Å². The second-order valence-corrected chi connectivity index (χ2v) is 33.4. The van der Waals surface area contributed by atoms with Crippen LogP contribution in [0.1, 0.15) is 286 Å². The number of aromatic nitrogens is 20. The molecular formula is C68H110N24O19S4. The number of tetrazole rings is 1. The van der Waals surface area contributed by atoms with E-state index in [4.69, 9.17) is 13.8 Å². The average Bonchev–Trinajstić information content (AvgIpc) is 1.72. The van der Waals surface area contributed by atoms with Gasteiger partial charge in [-0.2, -0.15) is 29.1 Å². The Labute approximate surface area is 676 Å². The zero-order valence-corrected chi connectivity index (χ0v) is 72.8. The average molecular weight is 1700 g/mol. The molecule has 115 heavy (non-hydrogen) atoms. The monoisotopic (exact) mass is 1690 g/mol. The van der Waals surface area contributed by atoms with E-state index >= 15 is 0 Å². The van der Waals surface area contributed by atoms with Crippen molar-refractivity contribution in [2.45, 2.75) is 251 Å². The summed E-state index contributed by atoms with van der Waals surface area (Å²) in [6, 6.07) is 4.39. The number of rotatable bonds is 9. The molecule has 43 nitrogen and oxygen atoms in total. The summed E-state index contributed by atoms with van der Waals surface area (Å²) in [5.74, 6) is 6.43. The van der Waals surface area contributed by atoms with Gasteiger partial charge in [0.1, 0.15) is 29.1 Å². The number of nitrogens with zero attached hydrogens (tertiary/aromatic N) is 10. The molecule has 9 aromatic heterocycles. The molecule has 0 aliphatic carbocycles. The van der Waals surface area contributed by atoms with E-state index < -0.39 is 40.7 Å². The predicted octanol–water partition coefficient (Wildman–Crippen LogP) is 8.88. The predicted molar refractivity (Wildman–Crippen MR) is 432 cm³/mol. The highest BCUT2D eigenvalue weighted by atomic mass is 32.2. The van der Waals surface area contributed by atoms with E-state index in [9.17, 15) is 61.7 Å². The lowest BCUT2D eigenvalue weighted by molar-refractivity contribution is -0.127. The van der Waals surface area contributed by atoms with Crippen LogP contribution in [0, 0.1) is 21.6 Å². The van der Waals surface area contributed by atoms with Gasteiger partial charge in [0, 0.05) is 87.7 Å². The number of ether oxygens (including phenoxy) is 1. The summed E-state index contributed by atoms with van der Waals surface area (Å²) < 4.78 is 45.6. The number of thioether (sulfide) groups is 1. The van der Waals surface area contributed by atoms with Crippen LogP contribution in [0.2, 0.25) is 0 Å². The van der Waals surface area contributed by atoms with Crippen molar-refractivity contribution >= 4 is 75.8 Å². The van der Waals surface area contributed by atoms with Gasteiger partial charge in [-0.25, -0.2) is 54.0 Å². The Morgan fingerprint density at radius 1 is 0.548 bits per heavy atom. The highest BCUT2D eigenvalue weighted by molar-refractivity contribution is 8.15.